The van der Waals surface area contributed by atoms with Gasteiger partial charge in [0.2, 0.25) is 0 Å². The van der Waals surface area contributed by atoms with E-state index >= 15 is 0 Å². The largest absolute Gasteiger partial charge is 0.378 e. The molecule has 3 rings (SSSR count). The number of carbonyl (C=O) groups excluding carboxylic acids is 1. The molecule has 1 atom stereocenters. The Labute approximate surface area is 194 Å². The van der Waals surface area contributed by atoms with Gasteiger partial charge in [0.05, 0.1) is 24.7 Å². The van der Waals surface area contributed by atoms with Gasteiger partial charge >= 0.3 is 0 Å². The molecule has 0 heterocycles. The van der Waals surface area contributed by atoms with Crippen LogP contribution in [0.25, 0.3) is 16.0 Å². The van der Waals surface area contributed by atoms with Crippen molar-refractivity contribution in [3.63, 3.8) is 0 Å². The standard InChI is InChI=1S/C27H26N4O2/c1-18-6-8-20(9-7-18)24-15-23(12-10-21(24)16-28)31(5)17-27(3,33)26(32)30-22-11-13-25(29-4)19(2)14-22/h6-15,33H,17H2,1-3,5H3,(H,30,32)/t27-/m0/s1. The van der Waals surface area contributed by atoms with Gasteiger partial charge in [-0.25, -0.2) is 4.85 Å². The highest BCUT2D eigenvalue weighted by atomic mass is 16.3. The molecular weight excluding hydrogens is 412 g/mol. The van der Waals surface area contributed by atoms with Gasteiger partial charge in [-0.1, -0.05) is 35.9 Å². The summed E-state index contributed by atoms with van der Waals surface area (Å²) in [5.41, 5.74) is 4.29. The van der Waals surface area contributed by atoms with Crippen LogP contribution >= 0.6 is 0 Å². The third-order valence-corrected chi connectivity index (χ3v) is 5.54. The molecule has 6 nitrogen and oxygen atoms in total. The first kappa shape index (κ1) is 23.5. The second-order valence-corrected chi connectivity index (χ2v) is 8.40. The summed E-state index contributed by atoms with van der Waals surface area (Å²) in [5.74, 6) is -0.545. The predicted octanol–water partition coefficient (Wildman–Crippen LogP) is 5.22. The number of hydrogen-bond donors (Lipinski definition) is 2. The first-order valence-electron chi connectivity index (χ1n) is 10.5. The van der Waals surface area contributed by atoms with E-state index in [1.165, 1.54) is 6.92 Å². The van der Waals surface area contributed by atoms with Gasteiger partial charge in [-0.3, -0.25) is 4.79 Å². The Kier molecular flexibility index (Phi) is 6.82. The van der Waals surface area contributed by atoms with Crippen molar-refractivity contribution >= 4 is 23.0 Å². The van der Waals surface area contributed by atoms with Gasteiger partial charge in [0.25, 0.3) is 5.91 Å². The molecule has 2 N–H and O–H groups in total. The van der Waals surface area contributed by atoms with Crippen molar-refractivity contribution in [3.05, 3.63) is 88.8 Å². The van der Waals surface area contributed by atoms with Crippen LogP contribution in [0.2, 0.25) is 0 Å². The second kappa shape index (κ2) is 9.56. The highest BCUT2D eigenvalue weighted by Crippen LogP contribution is 2.29. The third kappa shape index (κ3) is 5.38. The molecule has 0 fully saturated rings. The number of amides is 1. The van der Waals surface area contributed by atoms with Crippen LogP contribution in [0.3, 0.4) is 0 Å². The van der Waals surface area contributed by atoms with Crippen LogP contribution < -0.4 is 10.2 Å². The number of rotatable bonds is 6. The Morgan fingerprint density at radius 3 is 2.45 bits per heavy atom. The lowest BCUT2D eigenvalue weighted by Crippen LogP contribution is -2.48. The SMILES string of the molecule is [C-]#[N+]c1ccc(NC(=O)[C@@](C)(O)CN(C)c2ccc(C#N)c(-c3ccc(C)cc3)c2)cc1C. The van der Waals surface area contributed by atoms with Crippen LogP contribution in [0, 0.1) is 31.8 Å². The van der Waals surface area contributed by atoms with Crippen molar-refractivity contribution in [2.75, 3.05) is 23.8 Å². The van der Waals surface area contributed by atoms with Crippen LogP contribution in [-0.2, 0) is 4.79 Å². The molecular formula is C27H26N4O2. The molecule has 6 heteroatoms. The fourth-order valence-electron chi connectivity index (χ4n) is 3.59. The van der Waals surface area contributed by atoms with Gasteiger partial charge in [0, 0.05) is 24.0 Å². The van der Waals surface area contributed by atoms with Crippen LogP contribution in [0.1, 0.15) is 23.6 Å². The van der Waals surface area contributed by atoms with Gasteiger partial charge in [0.1, 0.15) is 0 Å². The van der Waals surface area contributed by atoms with E-state index in [9.17, 15) is 15.2 Å². The van der Waals surface area contributed by atoms with Crippen molar-refractivity contribution < 1.29 is 9.90 Å². The van der Waals surface area contributed by atoms with Gasteiger partial charge in [0.15, 0.2) is 11.3 Å². The summed E-state index contributed by atoms with van der Waals surface area (Å²) in [6, 6.07) is 20.6. The Bertz CT molecular complexity index is 1260. The molecule has 0 aromatic heterocycles. The third-order valence-electron chi connectivity index (χ3n) is 5.54. The first-order chi connectivity index (χ1) is 15.6. The number of nitriles is 1. The molecule has 0 aliphatic rings. The molecule has 0 unspecified atom stereocenters. The lowest BCUT2D eigenvalue weighted by molar-refractivity contribution is -0.131. The van der Waals surface area contributed by atoms with Crippen molar-refractivity contribution in [2.45, 2.75) is 26.4 Å². The van der Waals surface area contributed by atoms with Gasteiger partial charge < -0.3 is 15.3 Å². The average molecular weight is 439 g/mol. The van der Waals surface area contributed by atoms with E-state index in [-0.39, 0.29) is 6.54 Å². The van der Waals surface area contributed by atoms with Crippen LogP contribution in [0.4, 0.5) is 17.1 Å². The van der Waals surface area contributed by atoms with Crippen molar-refractivity contribution in [1.29, 1.82) is 5.26 Å². The monoisotopic (exact) mass is 438 g/mol. The Morgan fingerprint density at radius 2 is 1.85 bits per heavy atom. The Balaban J connectivity index is 1.80. The van der Waals surface area contributed by atoms with E-state index in [4.69, 9.17) is 6.57 Å². The Morgan fingerprint density at radius 1 is 1.15 bits per heavy atom. The number of benzene rings is 3. The maximum absolute atomic E-state index is 12.8. The summed E-state index contributed by atoms with van der Waals surface area (Å²) in [6.07, 6.45) is 0. The molecule has 0 bridgehead atoms. The minimum atomic E-state index is -1.68. The van der Waals surface area contributed by atoms with Crippen LogP contribution in [-0.4, -0.2) is 30.2 Å². The summed E-state index contributed by atoms with van der Waals surface area (Å²) >= 11 is 0. The quantitative estimate of drug-likeness (QED) is 0.517. The van der Waals surface area contributed by atoms with Gasteiger partial charge in [-0.15, -0.1) is 0 Å². The Hall–Kier alpha value is -4.13. The smallest absolute Gasteiger partial charge is 0.257 e. The molecule has 0 saturated heterocycles. The maximum atomic E-state index is 12.8. The number of hydrogen-bond acceptors (Lipinski definition) is 4. The zero-order chi connectivity index (χ0) is 24.2. The topological polar surface area (TPSA) is 80.7 Å². The zero-order valence-corrected chi connectivity index (χ0v) is 19.2. The minimum absolute atomic E-state index is 0.0389. The summed E-state index contributed by atoms with van der Waals surface area (Å²) in [4.78, 5) is 18.0. The van der Waals surface area contributed by atoms with E-state index in [0.717, 1.165) is 27.9 Å². The number of likely N-dealkylation sites (N-methyl/N-ethyl adjacent to an activating group) is 1. The highest BCUT2D eigenvalue weighted by Gasteiger charge is 2.32. The predicted molar refractivity (Wildman–Crippen MR) is 131 cm³/mol. The number of carbonyl (C=O) groups is 1. The van der Waals surface area contributed by atoms with Crippen molar-refractivity contribution in [3.8, 4) is 17.2 Å². The molecule has 166 valence electrons. The molecule has 0 aliphatic heterocycles. The molecule has 0 radical (unpaired) electrons. The molecule has 33 heavy (non-hydrogen) atoms. The van der Waals surface area contributed by atoms with E-state index in [1.807, 2.05) is 37.3 Å². The highest BCUT2D eigenvalue weighted by molar-refractivity contribution is 5.97. The molecule has 0 spiro atoms. The van der Waals surface area contributed by atoms with Crippen LogP contribution in [0.5, 0.6) is 0 Å². The van der Waals surface area contributed by atoms with Gasteiger partial charge in [-0.2, -0.15) is 5.26 Å². The number of aliphatic hydroxyl groups is 1. The van der Waals surface area contributed by atoms with E-state index < -0.39 is 11.5 Å². The molecule has 0 aliphatic carbocycles. The first-order valence-corrected chi connectivity index (χ1v) is 10.5. The minimum Gasteiger partial charge on any atom is -0.378 e. The van der Waals surface area contributed by atoms with E-state index in [2.05, 4.69) is 16.2 Å². The summed E-state index contributed by atoms with van der Waals surface area (Å²) in [6.45, 7) is 12.4. The summed E-state index contributed by atoms with van der Waals surface area (Å²) in [7, 11) is 1.79. The fourth-order valence-corrected chi connectivity index (χ4v) is 3.59. The summed E-state index contributed by atoms with van der Waals surface area (Å²) < 4.78 is 0. The van der Waals surface area contributed by atoms with Gasteiger partial charge in [-0.05, 0) is 62.2 Å². The maximum Gasteiger partial charge on any atom is 0.257 e. The number of anilines is 2. The number of nitrogens with one attached hydrogen (secondary N) is 1. The van der Waals surface area contributed by atoms with E-state index in [1.54, 1.807) is 49.2 Å². The zero-order valence-electron chi connectivity index (χ0n) is 19.2. The van der Waals surface area contributed by atoms with Crippen LogP contribution in [0.15, 0.2) is 60.7 Å². The molecule has 0 saturated carbocycles. The number of nitrogens with zero attached hydrogens (tertiary/aromatic N) is 3. The molecule has 1 amide bonds. The molecule has 3 aromatic rings. The van der Waals surface area contributed by atoms with Crippen molar-refractivity contribution in [2.24, 2.45) is 0 Å². The number of aryl methyl sites for hydroxylation is 2. The van der Waals surface area contributed by atoms with Crippen molar-refractivity contribution in [1.82, 2.24) is 0 Å². The average Bonchev–Trinajstić information content (AvgIpc) is 2.79. The normalized spacial score (nSPS) is 12.2. The lowest BCUT2D eigenvalue weighted by Gasteiger charge is -2.30. The lowest BCUT2D eigenvalue weighted by atomic mass is 9.98. The summed E-state index contributed by atoms with van der Waals surface area (Å²) in [5, 5.41) is 23.2. The fraction of sp³-hybridized carbons (Fsp3) is 0.222. The molecule has 3 aromatic carbocycles. The second-order valence-electron chi connectivity index (χ2n) is 8.40. The van der Waals surface area contributed by atoms with E-state index in [0.29, 0.717) is 16.9 Å².